The summed E-state index contributed by atoms with van der Waals surface area (Å²) in [6.45, 7) is 0. The van der Waals surface area contributed by atoms with Crippen LogP contribution < -0.4 is 18.9 Å². The van der Waals surface area contributed by atoms with Gasteiger partial charge in [-0.1, -0.05) is 48.5 Å². The Hall–Kier alpha value is -4.45. The number of methoxy groups -OCH3 is 2. The molecule has 0 radical (unpaired) electrons. The van der Waals surface area contributed by atoms with E-state index >= 15 is 0 Å². The fourth-order valence-electron chi connectivity index (χ4n) is 4.33. The van der Waals surface area contributed by atoms with Crippen molar-refractivity contribution in [3.05, 3.63) is 107 Å². The van der Waals surface area contributed by atoms with E-state index in [0.717, 1.165) is 11.1 Å². The minimum absolute atomic E-state index is 0.384. The summed E-state index contributed by atoms with van der Waals surface area (Å²) in [6.07, 6.45) is 3.62. The lowest BCUT2D eigenvalue weighted by molar-refractivity contribution is 0.345. The third kappa shape index (κ3) is 4.43. The van der Waals surface area contributed by atoms with E-state index in [4.69, 9.17) is 28.0 Å². The lowest BCUT2D eigenvalue weighted by Crippen LogP contribution is -1.97. The molecule has 8 heteroatoms. The van der Waals surface area contributed by atoms with Gasteiger partial charge >= 0.3 is 8.60 Å². The molecule has 0 aliphatic carbocycles. The van der Waals surface area contributed by atoms with Crippen molar-refractivity contribution in [3.8, 4) is 34.5 Å². The molecule has 190 valence electrons. The second-order valence-corrected chi connectivity index (χ2v) is 9.23. The molecule has 0 amide bonds. The smallest absolute Gasteiger partial charge is 0.460 e. The maximum absolute atomic E-state index is 11.1. The lowest BCUT2D eigenvalue weighted by Gasteiger charge is -2.19. The molecule has 7 nitrogen and oxygen atoms in total. The van der Waals surface area contributed by atoms with Crippen LogP contribution >= 0.6 is 8.60 Å². The van der Waals surface area contributed by atoms with Gasteiger partial charge in [0.1, 0.15) is 23.0 Å². The van der Waals surface area contributed by atoms with Crippen molar-refractivity contribution in [3.63, 3.8) is 0 Å². The van der Waals surface area contributed by atoms with Crippen molar-refractivity contribution in [2.75, 3.05) is 14.2 Å². The van der Waals surface area contributed by atoms with E-state index in [1.165, 1.54) is 0 Å². The number of fused-ring (bicyclic) bond motifs is 4. The average molecular weight is 526 g/mol. The first-order valence-corrected chi connectivity index (χ1v) is 12.9. The molecule has 4 aromatic carbocycles. The number of hydrogen-bond donors (Lipinski definition) is 1. The fourth-order valence-corrected chi connectivity index (χ4v) is 5.01. The minimum atomic E-state index is -2.43. The van der Waals surface area contributed by atoms with Gasteiger partial charge in [-0.15, -0.1) is 0 Å². The van der Waals surface area contributed by atoms with Gasteiger partial charge < -0.3 is 32.9 Å². The zero-order valence-electron chi connectivity index (χ0n) is 20.6. The Labute approximate surface area is 221 Å². The molecule has 2 aliphatic rings. The van der Waals surface area contributed by atoms with E-state index in [1.807, 2.05) is 84.9 Å². The highest BCUT2D eigenvalue weighted by atomic mass is 31.2. The quantitative estimate of drug-likeness (QED) is 0.256. The van der Waals surface area contributed by atoms with Gasteiger partial charge in [-0.3, -0.25) is 0 Å². The Morgan fingerprint density at radius 1 is 0.579 bits per heavy atom. The predicted octanol–water partition coefficient (Wildman–Crippen LogP) is 7.86. The molecule has 1 N–H and O–H groups in total. The maximum Gasteiger partial charge on any atom is 0.460 e. The monoisotopic (exact) mass is 526 g/mol. The Bertz CT molecular complexity index is 1460. The van der Waals surface area contributed by atoms with E-state index in [9.17, 15) is 4.89 Å². The van der Waals surface area contributed by atoms with Crippen molar-refractivity contribution in [1.82, 2.24) is 0 Å². The van der Waals surface area contributed by atoms with Gasteiger partial charge in [-0.05, 0) is 48.6 Å². The average Bonchev–Trinajstić information content (AvgIpc) is 3.20. The normalized spacial score (nSPS) is 13.1. The van der Waals surface area contributed by atoms with Gasteiger partial charge in [0.2, 0.25) is 0 Å². The van der Waals surface area contributed by atoms with Crippen LogP contribution in [0.5, 0.6) is 34.5 Å². The summed E-state index contributed by atoms with van der Waals surface area (Å²) in [5, 5.41) is 0. The van der Waals surface area contributed by atoms with Gasteiger partial charge in [0.15, 0.2) is 23.0 Å². The second-order valence-electron chi connectivity index (χ2n) is 8.39. The van der Waals surface area contributed by atoms with E-state index in [0.29, 0.717) is 57.1 Å². The molecule has 2 heterocycles. The Balaban J connectivity index is 1.38. The molecule has 0 saturated heterocycles. The third-order valence-electron chi connectivity index (χ3n) is 6.12. The van der Waals surface area contributed by atoms with Crippen molar-refractivity contribution < 1.29 is 32.9 Å². The van der Waals surface area contributed by atoms with Crippen LogP contribution in [-0.4, -0.2) is 19.1 Å². The Kier molecular flexibility index (Phi) is 6.38. The van der Waals surface area contributed by atoms with E-state index in [-0.39, 0.29) is 0 Å². The number of ether oxygens (including phenoxy) is 4. The summed E-state index contributed by atoms with van der Waals surface area (Å²) < 4.78 is 35.6. The summed E-state index contributed by atoms with van der Waals surface area (Å²) in [5.74, 6) is 4.10. The van der Waals surface area contributed by atoms with Crippen molar-refractivity contribution in [1.29, 1.82) is 0 Å². The van der Waals surface area contributed by atoms with Gasteiger partial charge in [0.05, 0.1) is 25.3 Å². The highest BCUT2D eigenvalue weighted by Crippen LogP contribution is 2.52. The number of para-hydroxylation sites is 4. The lowest BCUT2D eigenvalue weighted by atomic mass is 10.1. The van der Waals surface area contributed by atoms with Gasteiger partial charge in [0.25, 0.3) is 0 Å². The summed E-state index contributed by atoms with van der Waals surface area (Å²) in [7, 11) is 0.717. The highest BCUT2D eigenvalue weighted by Gasteiger charge is 2.27. The summed E-state index contributed by atoms with van der Waals surface area (Å²) >= 11 is 0. The van der Waals surface area contributed by atoms with Crippen LogP contribution in [0.4, 0.5) is 0 Å². The molecule has 4 aromatic rings. The van der Waals surface area contributed by atoms with Crippen LogP contribution in [0.1, 0.15) is 22.3 Å². The SMILES string of the molecule is COc1cccc2c1Oc1ccccc1C=C2OP(O)OC1=Cc2ccccc2Oc2c(OC)cccc21. The topological polar surface area (TPSA) is 75.6 Å². The first kappa shape index (κ1) is 23.9. The molecule has 0 atom stereocenters. The Morgan fingerprint density at radius 3 is 1.47 bits per heavy atom. The summed E-state index contributed by atoms with van der Waals surface area (Å²) in [5.41, 5.74) is 2.82. The first-order chi connectivity index (χ1) is 18.6. The van der Waals surface area contributed by atoms with Crippen molar-refractivity contribution in [2.45, 2.75) is 0 Å². The first-order valence-electron chi connectivity index (χ1n) is 11.8. The van der Waals surface area contributed by atoms with Crippen LogP contribution in [0.15, 0.2) is 84.9 Å². The molecule has 0 bridgehead atoms. The summed E-state index contributed by atoms with van der Waals surface area (Å²) in [4.78, 5) is 11.1. The van der Waals surface area contributed by atoms with Crippen LogP contribution in [0.25, 0.3) is 23.7 Å². The van der Waals surface area contributed by atoms with E-state index in [1.54, 1.807) is 26.4 Å². The minimum Gasteiger partial charge on any atom is -0.493 e. The Morgan fingerprint density at radius 2 is 1.03 bits per heavy atom. The third-order valence-corrected chi connectivity index (χ3v) is 6.82. The molecule has 38 heavy (non-hydrogen) atoms. The molecule has 0 unspecified atom stereocenters. The van der Waals surface area contributed by atoms with Crippen LogP contribution in [0.2, 0.25) is 0 Å². The van der Waals surface area contributed by atoms with Crippen LogP contribution in [0, 0.1) is 0 Å². The zero-order valence-corrected chi connectivity index (χ0v) is 21.5. The maximum atomic E-state index is 11.1. The molecule has 6 rings (SSSR count). The highest BCUT2D eigenvalue weighted by molar-refractivity contribution is 7.41. The molecule has 0 spiro atoms. The predicted molar refractivity (Wildman–Crippen MR) is 146 cm³/mol. The van der Waals surface area contributed by atoms with Crippen LogP contribution in [0.3, 0.4) is 0 Å². The number of hydrogen-bond acceptors (Lipinski definition) is 7. The summed E-state index contributed by atoms with van der Waals surface area (Å²) in [6, 6.07) is 26.1. The van der Waals surface area contributed by atoms with Gasteiger partial charge in [0, 0.05) is 11.1 Å². The van der Waals surface area contributed by atoms with Gasteiger partial charge in [-0.25, -0.2) is 0 Å². The largest absolute Gasteiger partial charge is 0.493 e. The molecule has 2 aliphatic heterocycles. The molecular weight excluding hydrogens is 503 g/mol. The van der Waals surface area contributed by atoms with E-state index in [2.05, 4.69) is 0 Å². The van der Waals surface area contributed by atoms with E-state index < -0.39 is 8.60 Å². The van der Waals surface area contributed by atoms with Crippen molar-refractivity contribution in [2.24, 2.45) is 0 Å². The van der Waals surface area contributed by atoms with Gasteiger partial charge in [-0.2, -0.15) is 0 Å². The van der Waals surface area contributed by atoms with Crippen LogP contribution in [-0.2, 0) is 9.05 Å². The fraction of sp³-hybridized carbons (Fsp3) is 0.0667. The number of rotatable bonds is 6. The molecule has 0 fully saturated rings. The molecule has 0 saturated carbocycles. The van der Waals surface area contributed by atoms with Crippen molar-refractivity contribution >= 4 is 32.3 Å². The number of benzene rings is 4. The standard InChI is InChI=1S/C30H23O7P/c1-32-25-15-7-11-21-27(17-19-9-3-5-13-23(19)34-29(21)25)36-38(31)37-28-18-20-10-4-6-14-24(20)35-30-22(28)12-8-16-26(30)33-2/h3-18,31H,1-2H3. The molecule has 0 aromatic heterocycles. The second kappa shape index (κ2) is 10.1. The zero-order chi connectivity index (χ0) is 26.1. The molecular formula is C30H23O7P.